The smallest absolute Gasteiger partial charge is 0.346 e. The Balaban J connectivity index is 2.41. The van der Waals surface area contributed by atoms with Gasteiger partial charge in [0.2, 0.25) is 12.2 Å². The van der Waals surface area contributed by atoms with Crippen LogP contribution in [0.2, 0.25) is 0 Å². The SMILES string of the molecule is CC(=O)C1=C(O)[C@@H]([C@H]2OC(=O)C(C(C)=O)=C2O)OC1=O. The highest BCUT2D eigenvalue weighted by Crippen LogP contribution is 2.32. The van der Waals surface area contributed by atoms with Crippen molar-refractivity contribution in [2.45, 2.75) is 26.1 Å². The first-order valence-corrected chi connectivity index (χ1v) is 5.55. The van der Waals surface area contributed by atoms with E-state index in [1.165, 1.54) is 0 Å². The van der Waals surface area contributed by atoms with Crippen LogP contribution in [0.5, 0.6) is 0 Å². The molecule has 8 nitrogen and oxygen atoms in total. The van der Waals surface area contributed by atoms with Crippen LogP contribution in [0.25, 0.3) is 0 Å². The molecule has 8 heteroatoms. The minimum Gasteiger partial charge on any atom is -0.507 e. The lowest BCUT2D eigenvalue weighted by Gasteiger charge is -2.17. The van der Waals surface area contributed by atoms with Crippen LogP contribution in [0, 0.1) is 0 Å². The first kappa shape index (κ1) is 13.8. The van der Waals surface area contributed by atoms with E-state index < -0.39 is 58.4 Å². The molecule has 0 saturated heterocycles. The average Bonchev–Trinajstić information content (AvgIpc) is 2.76. The molecular formula is C12H10O8. The van der Waals surface area contributed by atoms with Crippen LogP contribution in [0.1, 0.15) is 13.8 Å². The number of esters is 2. The van der Waals surface area contributed by atoms with Gasteiger partial charge in [0.25, 0.3) is 0 Å². The Morgan fingerprint density at radius 2 is 1.15 bits per heavy atom. The summed E-state index contributed by atoms with van der Waals surface area (Å²) >= 11 is 0. The Bertz CT molecular complexity index is 555. The molecule has 0 fully saturated rings. The third kappa shape index (κ3) is 1.85. The average molecular weight is 282 g/mol. The molecule has 2 rings (SSSR count). The standard InChI is InChI=1S/C12H10O8/c1-3(13)5-7(15)9(19-11(5)17)10-8(16)6(4(2)14)12(18)20-10/h9-10,15-16H,1-2H3/t9-,10-/m0/s1. The molecular weight excluding hydrogens is 272 g/mol. The number of cyclic esters (lactones) is 2. The van der Waals surface area contributed by atoms with Crippen molar-refractivity contribution < 1.29 is 38.9 Å². The molecule has 2 N–H and O–H groups in total. The summed E-state index contributed by atoms with van der Waals surface area (Å²) < 4.78 is 9.42. The van der Waals surface area contributed by atoms with Gasteiger partial charge in [0.15, 0.2) is 23.1 Å². The number of aliphatic hydroxyl groups is 2. The maximum absolute atomic E-state index is 11.4. The minimum atomic E-state index is -1.54. The van der Waals surface area contributed by atoms with Crippen molar-refractivity contribution in [3.05, 3.63) is 22.7 Å². The van der Waals surface area contributed by atoms with Crippen LogP contribution in [0.4, 0.5) is 0 Å². The molecule has 0 aromatic rings. The predicted octanol–water partition coefficient (Wildman–Crippen LogP) is -0.361. The van der Waals surface area contributed by atoms with Gasteiger partial charge in [-0.05, 0) is 13.8 Å². The van der Waals surface area contributed by atoms with Gasteiger partial charge in [0, 0.05) is 0 Å². The van der Waals surface area contributed by atoms with E-state index >= 15 is 0 Å². The lowest BCUT2D eigenvalue weighted by Crippen LogP contribution is -2.31. The summed E-state index contributed by atoms with van der Waals surface area (Å²) in [6, 6.07) is 0. The fraction of sp³-hybridized carbons (Fsp3) is 0.333. The van der Waals surface area contributed by atoms with Crippen LogP contribution < -0.4 is 0 Å². The number of rotatable bonds is 3. The van der Waals surface area contributed by atoms with Crippen molar-refractivity contribution in [3.8, 4) is 0 Å². The summed E-state index contributed by atoms with van der Waals surface area (Å²) in [6.07, 6.45) is -3.08. The number of ketones is 2. The molecule has 0 aliphatic carbocycles. The number of hydrogen-bond acceptors (Lipinski definition) is 8. The molecule has 0 spiro atoms. The molecule has 0 radical (unpaired) electrons. The monoisotopic (exact) mass is 282 g/mol. The van der Waals surface area contributed by atoms with Gasteiger partial charge < -0.3 is 19.7 Å². The summed E-state index contributed by atoms with van der Waals surface area (Å²) in [5, 5.41) is 19.6. The number of Topliss-reactive ketones (excluding diaryl/α,β-unsaturated/α-hetero) is 2. The number of aliphatic hydroxyl groups excluding tert-OH is 2. The van der Waals surface area contributed by atoms with E-state index in [0.29, 0.717) is 0 Å². The third-order valence-electron chi connectivity index (χ3n) is 2.91. The van der Waals surface area contributed by atoms with Crippen LogP contribution in [-0.2, 0) is 28.7 Å². The number of carbonyl (C=O) groups excluding carboxylic acids is 4. The first-order chi connectivity index (χ1) is 9.25. The van der Waals surface area contributed by atoms with Crippen LogP contribution in [0.15, 0.2) is 22.7 Å². The van der Waals surface area contributed by atoms with Gasteiger partial charge in [-0.25, -0.2) is 9.59 Å². The Morgan fingerprint density at radius 3 is 1.35 bits per heavy atom. The van der Waals surface area contributed by atoms with E-state index in [9.17, 15) is 29.4 Å². The molecule has 0 saturated carbocycles. The summed E-state index contributed by atoms with van der Waals surface area (Å²) in [6.45, 7) is 2.10. The molecule has 2 aliphatic heterocycles. The molecule has 0 bridgehead atoms. The molecule has 2 heterocycles. The molecule has 0 amide bonds. The van der Waals surface area contributed by atoms with Gasteiger partial charge in [0.05, 0.1) is 0 Å². The highest BCUT2D eigenvalue weighted by atomic mass is 16.6. The van der Waals surface area contributed by atoms with Gasteiger partial charge in [-0.15, -0.1) is 0 Å². The Morgan fingerprint density at radius 1 is 0.850 bits per heavy atom. The highest BCUT2D eigenvalue weighted by molar-refractivity contribution is 6.19. The van der Waals surface area contributed by atoms with Crippen molar-refractivity contribution >= 4 is 23.5 Å². The topological polar surface area (TPSA) is 127 Å². The lowest BCUT2D eigenvalue weighted by molar-refractivity contribution is -0.154. The maximum Gasteiger partial charge on any atom is 0.346 e. The predicted molar refractivity (Wildman–Crippen MR) is 60.4 cm³/mol. The van der Waals surface area contributed by atoms with Gasteiger partial charge in [-0.1, -0.05) is 0 Å². The number of hydrogen-bond donors (Lipinski definition) is 2. The van der Waals surface area contributed by atoms with Crippen LogP contribution >= 0.6 is 0 Å². The summed E-state index contributed by atoms with van der Waals surface area (Å²) in [5.74, 6) is -5.10. The Hall–Kier alpha value is -2.64. The zero-order chi connectivity index (χ0) is 15.2. The highest BCUT2D eigenvalue weighted by Gasteiger charge is 2.49. The molecule has 20 heavy (non-hydrogen) atoms. The van der Waals surface area contributed by atoms with E-state index in [1.807, 2.05) is 0 Å². The molecule has 0 unspecified atom stereocenters. The zero-order valence-electron chi connectivity index (χ0n) is 10.5. The summed E-state index contributed by atoms with van der Waals surface area (Å²) in [4.78, 5) is 45.2. The molecule has 2 atom stereocenters. The van der Waals surface area contributed by atoms with Gasteiger partial charge in [0.1, 0.15) is 11.1 Å². The van der Waals surface area contributed by atoms with Crippen molar-refractivity contribution in [3.63, 3.8) is 0 Å². The number of ether oxygens (including phenoxy) is 2. The quantitative estimate of drug-likeness (QED) is 0.530. The second-order valence-corrected chi connectivity index (χ2v) is 4.28. The normalized spacial score (nSPS) is 25.9. The second kappa shape index (κ2) is 4.48. The van der Waals surface area contributed by atoms with E-state index in [-0.39, 0.29) is 0 Å². The van der Waals surface area contributed by atoms with Crippen LogP contribution in [0.3, 0.4) is 0 Å². The Labute approximate surface area is 112 Å². The molecule has 0 aromatic carbocycles. The maximum atomic E-state index is 11.4. The van der Waals surface area contributed by atoms with Crippen molar-refractivity contribution in [2.75, 3.05) is 0 Å². The zero-order valence-corrected chi connectivity index (χ0v) is 10.5. The van der Waals surface area contributed by atoms with E-state index in [0.717, 1.165) is 13.8 Å². The molecule has 0 aromatic heterocycles. The van der Waals surface area contributed by atoms with Gasteiger partial charge in [-0.3, -0.25) is 9.59 Å². The van der Waals surface area contributed by atoms with E-state index in [4.69, 9.17) is 9.47 Å². The molecule has 106 valence electrons. The second-order valence-electron chi connectivity index (χ2n) is 4.28. The van der Waals surface area contributed by atoms with Gasteiger partial charge >= 0.3 is 11.9 Å². The van der Waals surface area contributed by atoms with Crippen LogP contribution in [-0.4, -0.2) is 45.9 Å². The molecule has 2 aliphatic rings. The third-order valence-corrected chi connectivity index (χ3v) is 2.91. The summed E-state index contributed by atoms with van der Waals surface area (Å²) in [5.41, 5.74) is -1.15. The number of carbonyl (C=O) groups is 4. The van der Waals surface area contributed by atoms with E-state index in [2.05, 4.69) is 0 Å². The van der Waals surface area contributed by atoms with Crippen molar-refractivity contribution in [1.29, 1.82) is 0 Å². The van der Waals surface area contributed by atoms with E-state index in [1.54, 1.807) is 0 Å². The Kier molecular flexibility index (Phi) is 3.09. The fourth-order valence-electron chi connectivity index (χ4n) is 2.01. The first-order valence-electron chi connectivity index (χ1n) is 5.55. The van der Waals surface area contributed by atoms with Gasteiger partial charge in [-0.2, -0.15) is 0 Å². The minimum absolute atomic E-state index is 0.574. The van der Waals surface area contributed by atoms with Crippen molar-refractivity contribution in [1.82, 2.24) is 0 Å². The van der Waals surface area contributed by atoms with Crippen molar-refractivity contribution in [2.24, 2.45) is 0 Å². The fourth-order valence-corrected chi connectivity index (χ4v) is 2.01. The summed E-state index contributed by atoms with van der Waals surface area (Å²) in [7, 11) is 0. The lowest BCUT2D eigenvalue weighted by atomic mass is 10.0. The largest absolute Gasteiger partial charge is 0.507 e.